The maximum Gasteiger partial charge on any atom is 0.0218 e. The Morgan fingerprint density at radius 2 is 1.64 bits per heavy atom. The Kier molecular flexibility index (Phi) is 4.90. The number of nitrogens with zero attached hydrogens (tertiary/aromatic N) is 1. The van der Waals surface area contributed by atoms with Gasteiger partial charge in [-0.05, 0) is 39.5 Å². The molecule has 0 aromatic carbocycles. The Morgan fingerprint density at radius 1 is 1.14 bits per heavy atom. The summed E-state index contributed by atoms with van der Waals surface area (Å²) in [5.74, 6) is 0. The molecule has 2 unspecified atom stereocenters. The molecule has 2 atom stereocenters. The molecule has 14 heavy (non-hydrogen) atoms. The van der Waals surface area contributed by atoms with Gasteiger partial charge in [-0.25, -0.2) is 5.01 Å². The lowest BCUT2D eigenvalue weighted by molar-refractivity contribution is 0.0281. The first-order valence-corrected chi connectivity index (χ1v) is 6.23. The van der Waals surface area contributed by atoms with Gasteiger partial charge < -0.3 is 0 Å². The third-order valence-corrected chi connectivity index (χ3v) is 3.51. The van der Waals surface area contributed by atoms with E-state index in [1.54, 1.807) is 0 Å². The van der Waals surface area contributed by atoms with Gasteiger partial charge in [0, 0.05) is 18.1 Å². The van der Waals surface area contributed by atoms with Crippen molar-refractivity contribution in [3.05, 3.63) is 0 Å². The van der Waals surface area contributed by atoms with Crippen LogP contribution in [0.3, 0.4) is 0 Å². The molecular weight excluding hydrogens is 172 g/mol. The van der Waals surface area contributed by atoms with Crippen molar-refractivity contribution in [2.24, 2.45) is 0 Å². The molecule has 1 N–H and O–H groups in total. The second kappa shape index (κ2) is 5.72. The zero-order valence-corrected chi connectivity index (χ0v) is 10.2. The zero-order valence-electron chi connectivity index (χ0n) is 10.2. The molecule has 0 amide bonds. The van der Waals surface area contributed by atoms with Gasteiger partial charge in [-0.1, -0.05) is 20.3 Å². The van der Waals surface area contributed by atoms with Crippen molar-refractivity contribution in [3.63, 3.8) is 0 Å². The molecule has 1 heterocycles. The molecule has 1 rings (SSSR count). The molecule has 1 aliphatic rings. The van der Waals surface area contributed by atoms with Crippen LogP contribution >= 0.6 is 0 Å². The SMILES string of the molecule is CCC(CC)NN1C(C)CCCC1C. The second-order valence-corrected chi connectivity index (χ2v) is 4.68. The Hall–Kier alpha value is -0.0800. The summed E-state index contributed by atoms with van der Waals surface area (Å²) in [5.41, 5.74) is 3.69. The van der Waals surface area contributed by atoms with E-state index in [-0.39, 0.29) is 0 Å². The Bertz CT molecular complexity index is 144. The van der Waals surface area contributed by atoms with Crippen LogP contribution in [0.1, 0.15) is 59.8 Å². The van der Waals surface area contributed by atoms with Crippen molar-refractivity contribution >= 4 is 0 Å². The molecule has 0 radical (unpaired) electrons. The van der Waals surface area contributed by atoms with E-state index < -0.39 is 0 Å². The Balaban J connectivity index is 2.46. The number of hydrogen-bond acceptors (Lipinski definition) is 2. The number of rotatable bonds is 4. The molecule has 0 saturated carbocycles. The van der Waals surface area contributed by atoms with E-state index in [9.17, 15) is 0 Å². The first kappa shape index (κ1) is 12.0. The van der Waals surface area contributed by atoms with Gasteiger partial charge in [0.05, 0.1) is 0 Å². The summed E-state index contributed by atoms with van der Waals surface area (Å²) >= 11 is 0. The molecule has 0 aliphatic carbocycles. The van der Waals surface area contributed by atoms with Gasteiger partial charge in [-0.15, -0.1) is 0 Å². The van der Waals surface area contributed by atoms with E-state index in [0.29, 0.717) is 18.1 Å². The lowest BCUT2D eigenvalue weighted by Crippen LogP contribution is -2.55. The molecule has 0 aromatic rings. The van der Waals surface area contributed by atoms with Crippen molar-refractivity contribution in [2.45, 2.75) is 77.9 Å². The van der Waals surface area contributed by atoms with Gasteiger partial charge in [0.15, 0.2) is 0 Å². The highest BCUT2D eigenvalue weighted by Crippen LogP contribution is 2.21. The van der Waals surface area contributed by atoms with Gasteiger partial charge in [-0.3, -0.25) is 5.43 Å². The maximum atomic E-state index is 3.69. The molecule has 84 valence electrons. The summed E-state index contributed by atoms with van der Waals surface area (Å²) in [4.78, 5) is 0. The molecule has 1 fully saturated rings. The molecule has 0 aromatic heterocycles. The minimum atomic E-state index is 0.665. The topological polar surface area (TPSA) is 15.3 Å². The molecule has 1 aliphatic heterocycles. The van der Waals surface area contributed by atoms with Crippen LogP contribution in [0.25, 0.3) is 0 Å². The molecule has 0 spiro atoms. The van der Waals surface area contributed by atoms with Crippen molar-refractivity contribution < 1.29 is 0 Å². The van der Waals surface area contributed by atoms with Crippen LogP contribution < -0.4 is 5.43 Å². The largest absolute Gasteiger partial charge is 0.252 e. The number of piperidine rings is 1. The molecule has 1 saturated heterocycles. The van der Waals surface area contributed by atoms with Crippen LogP contribution in [0, 0.1) is 0 Å². The number of nitrogens with one attached hydrogen (secondary N) is 1. The number of hydrazine groups is 1. The van der Waals surface area contributed by atoms with E-state index in [2.05, 4.69) is 38.1 Å². The monoisotopic (exact) mass is 198 g/mol. The lowest BCUT2D eigenvalue weighted by Gasteiger charge is -2.41. The highest BCUT2D eigenvalue weighted by atomic mass is 15.5. The third kappa shape index (κ3) is 2.96. The fourth-order valence-corrected chi connectivity index (χ4v) is 2.36. The van der Waals surface area contributed by atoms with Crippen LogP contribution in [0.5, 0.6) is 0 Å². The smallest absolute Gasteiger partial charge is 0.0218 e. The highest BCUT2D eigenvalue weighted by Gasteiger charge is 2.25. The lowest BCUT2D eigenvalue weighted by atomic mass is 9.99. The minimum Gasteiger partial charge on any atom is -0.252 e. The summed E-state index contributed by atoms with van der Waals surface area (Å²) < 4.78 is 0. The maximum absolute atomic E-state index is 3.69. The van der Waals surface area contributed by atoms with Crippen molar-refractivity contribution in [2.75, 3.05) is 0 Å². The number of hydrogen-bond donors (Lipinski definition) is 1. The quantitative estimate of drug-likeness (QED) is 0.747. The third-order valence-electron chi connectivity index (χ3n) is 3.51. The van der Waals surface area contributed by atoms with Gasteiger partial charge in [-0.2, -0.15) is 0 Å². The first-order chi connectivity index (χ1) is 6.69. The van der Waals surface area contributed by atoms with Crippen molar-refractivity contribution in [3.8, 4) is 0 Å². The summed E-state index contributed by atoms with van der Waals surface area (Å²) in [7, 11) is 0. The summed E-state index contributed by atoms with van der Waals surface area (Å²) in [6, 6.07) is 2.08. The van der Waals surface area contributed by atoms with E-state index >= 15 is 0 Å². The summed E-state index contributed by atoms with van der Waals surface area (Å²) in [5, 5.41) is 2.49. The average Bonchev–Trinajstić information content (AvgIpc) is 2.18. The van der Waals surface area contributed by atoms with Crippen LogP contribution in [0.2, 0.25) is 0 Å². The van der Waals surface area contributed by atoms with E-state index in [1.165, 1.54) is 32.1 Å². The van der Waals surface area contributed by atoms with Crippen LogP contribution in [-0.4, -0.2) is 23.1 Å². The molecule has 0 bridgehead atoms. The predicted molar refractivity (Wildman–Crippen MR) is 62.1 cm³/mol. The molecule has 2 heteroatoms. The zero-order chi connectivity index (χ0) is 10.6. The Labute approximate surface area is 89.0 Å². The molecular formula is C12H26N2. The van der Waals surface area contributed by atoms with Crippen molar-refractivity contribution in [1.82, 2.24) is 10.4 Å². The second-order valence-electron chi connectivity index (χ2n) is 4.68. The van der Waals surface area contributed by atoms with Gasteiger partial charge >= 0.3 is 0 Å². The minimum absolute atomic E-state index is 0.665. The summed E-state index contributed by atoms with van der Waals surface area (Å²) in [6.07, 6.45) is 6.54. The van der Waals surface area contributed by atoms with Gasteiger partial charge in [0.2, 0.25) is 0 Å². The first-order valence-electron chi connectivity index (χ1n) is 6.23. The van der Waals surface area contributed by atoms with Gasteiger partial charge in [0.25, 0.3) is 0 Å². The Morgan fingerprint density at radius 3 is 2.07 bits per heavy atom. The average molecular weight is 198 g/mol. The fourth-order valence-electron chi connectivity index (χ4n) is 2.36. The standard InChI is InChI=1S/C12H26N2/c1-5-12(6-2)13-14-10(3)8-7-9-11(14)4/h10-13H,5-9H2,1-4H3. The van der Waals surface area contributed by atoms with E-state index in [4.69, 9.17) is 0 Å². The van der Waals surface area contributed by atoms with E-state index in [1.807, 2.05) is 0 Å². The van der Waals surface area contributed by atoms with Crippen LogP contribution in [0.4, 0.5) is 0 Å². The van der Waals surface area contributed by atoms with E-state index in [0.717, 1.165) is 0 Å². The molecule has 2 nitrogen and oxygen atoms in total. The van der Waals surface area contributed by atoms with Crippen LogP contribution in [0.15, 0.2) is 0 Å². The predicted octanol–water partition coefficient (Wildman–Crippen LogP) is 2.94. The van der Waals surface area contributed by atoms with Crippen LogP contribution in [-0.2, 0) is 0 Å². The normalized spacial score (nSPS) is 29.8. The van der Waals surface area contributed by atoms with Crippen molar-refractivity contribution in [1.29, 1.82) is 0 Å². The summed E-state index contributed by atoms with van der Waals surface area (Å²) in [6.45, 7) is 9.21. The highest BCUT2D eigenvalue weighted by molar-refractivity contribution is 4.78. The van der Waals surface area contributed by atoms with Gasteiger partial charge in [0.1, 0.15) is 0 Å². The fraction of sp³-hybridized carbons (Fsp3) is 1.00.